The van der Waals surface area contributed by atoms with E-state index in [1.54, 1.807) is 23.9 Å². The highest BCUT2D eigenvalue weighted by atomic mass is 32.2. The second kappa shape index (κ2) is 7.75. The fraction of sp³-hybridized carbons (Fsp3) is 0.381. The molecular weight excluding hydrogens is 448 g/mol. The fourth-order valence-corrected chi connectivity index (χ4v) is 6.53. The largest absolute Gasteiger partial charge is 0.369 e. The van der Waals surface area contributed by atoms with Crippen molar-refractivity contribution in [3.05, 3.63) is 42.1 Å². The van der Waals surface area contributed by atoms with Crippen LogP contribution in [-0.4, -0.2) is 36.1 Å². The molecular formula is C21H24N6O3S2. The number of amides is 1. The van der Waals surface area contributed by atoms with E-state index in [0.717, 1.165) is 22.8 Å². The number of carbonyl (C=O) groups excluding carboxylic acids is 1. The molecule has 11 heteroatoms. The number of primary amides is 1. The molecule has 2 aromatic rings. The molecule has 5 atom stereocenters. The number of hydrogen-bond donors (Lipinski definition) is 4. The van der Waals surface area contributed by atoms with Crippen LogP contribution in [0.1, 0.15) is 25.0 Å². The topological polar surface area (TPSA) is 153 Å². The zero-order valence-electron chi connectivity index (χ0n) is 17.4. The van der Waals surface area contributed by atoms with Gasteiger partial charge in [-0.1, -0.05) is 19.1 Å². The summed E-state index contributed by atoms with van der Waals surface area (Å²) in [6, 6.07) is 6.00. The third-order valence-corrected chi connectivity index (χ3v) is 8.65. The van der Waals surface area contributed by atoms with E-state index in [-0.39, 0.29) is 40.5 Å². The van der Waals surface area contributed by atoms with Crippen molar-refractivity contribution in [2.45, 2.75) is 35.1 Å². The van der Waals surface area contributed by atoms with E-state index in [0.29, 0.717) is 17.5 Å². The van der Waals surface area contributed by atoms with Gasteiger partial charge in [-0.2, -0.15) is 4.98 Å². The molecule has 3 aliphatic rings. The Morgan fingerprint density at radius 2 is 1.88 bits per heavy atom. The molecule has 6 N–H and O–H groups in total. The minimum absolute atomic E-state index is 0.0344. The van der Waals surface area contributed by atoms with Crippen LogP contribution in [0.25, 0.3) is 0 Å². The van der Waals surface area contributed by atoms with Crippen LogP contribution in [0, 0.1) is 17.8 Å². The molecule has 5 unspecified atom stereocenters. The average Bonchev–Trinajstić information content (AvgIpc) is 3.43. The summed E-state index contributed by atoms with van der Waals surface area (Å²) in [7, 11) is -3.76. The summed E-state index contributed by atoms with van der Waals surface area (Å²) in [5.41, 5.74) is 7.31. The first-order chi connectivity index (χ1) is 15.2. The summed E-state index contributed by atoms with van der Waals surface area (Å²) < 4.78 is 23.0. The molecule has 0 radical (unpaired) electrons. The Balaban J connectivity index is 1.46. The highest BCUT2D eigenvalue weighted by Gasteiger charge is 2.48. The number of fused-ring (bicyclic) bond motifs is 3. The SMILES string of the molecule is CC1CSc2c(NC3C4C=CC(C4)C3C(N)=O)nc(Nc3ccc(S(N)(=O)=O)cc3)nc21. The molecule has 0 spiro atoms. The Bertz CT molecular complexity index is 1210. The zero-order valence-corrected chi connectivity index (χ0v) is 19.0. The first kappa shape index (κ1) is 21.2. The molecule has 1 aromatic heterocycles. The average molecular weight is 473 g/mol. The molecule has 1 aliphatic heterocycles. The zero-order chi connectivity index (χ0) is 22.6. The number of nitrogens with zero attached hydrogens (tertiary/aromatic N) is 2. The van der Waals surface area contributed by atoms with Crippen LogP contribution in [0.3, 0.4) is 0 Å². The first-order valence-electron chi connectivity index (χ1n) is 10.4. The van der Waals surface area contributed by atoms with Gasteiger partial charge in [0.1, 0.15) is 5.82 Å². The number of hydrogen-bond acceptors (Lipinski definition) is 8. The molecule has 2 heterocycles. The van der Waals surface area contributed by atoms with Crippen LogP contribution in [0.2, 0.25) is 0 Å². The quantitative estimate of drug-likeness (QED) is 0.467. The van der Waals surface area contributed by atoms with Crippen LogP contribution in [-0.2, 0) is 14.8 Å². The number of allylic oxidation sites excluding steroid dienone is 1. The molecule has 9 nitrogen and oxygen atoms in total. The van der Waals surface area contributed by atoms with Crippen molar-refractivity contribution < 1.29 is 13.2 Å². The van der Waals surface area contributed by atoms with Gasteiger partial charge in [0.05, 0.1) is 21.4 Å². The Morgan fingerprint density at radius 1 is 1.16 bits per heavy atom. The van der Waals surface area contributed by atoms with Gasteiger partial charge in [-0.25, -0.2) is 18.5 Å². The van der Waals surface area contributed by atoms with Crippen molar-refractivity contribution in [1.82, 2.24) is 9.97 Å². The van der Waals surface area contributed by atoms with Crippen LogP contribution >= 0.6 is 11.8 Å². The van der Waals surface area contributed by atoms with Crippen molar-refractivity contribution in [1.29, 1.82) is 0 Å². The van der Waals surface area contributed by atoms with Gasteiger partial charge in [0, 0.05) is 23.4 Å². The van der Waals surface area contributed by atoms with Gasteiger partial charge in [0.15, 0.2) is 0 Å². The number of primary sulfonamides is 1. The Hall–Kier alpha value is -2.63. The molecule has 168 valence electrons. The number of nitrogens with two attached hydrogens (primary N) is 2. The van der Waals surface area contributed by atoms with E-state index >= 15 is 0 Å². The maximum absolute atomic E-state index is 12.1. The van der Waals surface area contributed by atoms with Gasteiger partial charge >= 0.3 is 0 Å². The Morgan fingerprint density at radius 3 is 2.56 bits per heavy atom. The number of benzene rings is 1. The standard InChI is InChI=1S/C21H24N6O3S2/c1-10-9-31-18-16(10)26-21(24-13-4-6-14(7-5-13)32(23,29)30)27-20(18)25-17-12-3-2-11(8-12)15(17)19(22)28/h2-7,10-12,15,17H,8-9H2,1H3,(H2,22,28)(H2,23,29,30)(H2,24,25,26,27). The summed E-state index contributed by atoms with van der Waals surface area (Å²) in [4.78, 5) is 22.6. The van der Waals surface area contributed by atoms with E-state index in [9.17, 15) is 13.2 Å². The third kappa shape index (κ3) is 3.74. The number of rotatable bonds is 6. The maximum atomic E-state index is 12.1. The molecule has 32 heavy (non-hydrogen) atoms. The lowest BCUT2D eigenvalue weighted by atomic mass is 9.88. The summed E-state index contributed by atoms with van der Waals surface area (Å²) >= 11 is 1.71. The van der Waals surface area contributed by atoms with Crippen LogP contribution in [0.4, 0.5) is 17.5 Å². The minimum Gasteiger partial charge on any atom is -0.369 e. The smallest absolute Gasteiger partial charge is 0.238 e. The molecule has 1 aromatic carbocycles. The van der Waals surface area contributed by atoms with Crippen molar-refractivity contribution in [3.63, 3.8) is 0 Å². The normalized spacial score (nSPS) is 28.0. The van der Waals surface area contributed by atoms with Gasteiger partial charge in [-0.3, -0.25) is 4.79 Å². The van der Waals surface area contributed by atoms with Gasteiger partial charge in [-0.05, 0) is 42.5 Å². The van der Waals surface area contributed by atoms with Gasteiger partial charge in [0.2, 0.25) is 21.9 Å². The predicted molar refractivity (Wildman–Crippen MR) is 123 cm³/mol. The van der Waals surface area contributed by atoms with E-state index in [4.69, 9.17) is 20.8 Å². The lowest BCUT2D eigenvalue weighted by Gasteiger charge is -2.28. The molecule has 5 rings (SSSR count). The number of anilines is 3. The number of carbonyl (C=O) groups is 1. The first-order valence-corrected chi connectivity index (χ1v) is 12.9. The number of sulfonamides is 1. The monoisotopic (exact) mass is 472 g/mol. The number of nitrogens with one attached hydrogen (secondary N) is 2. The van der Waals surface area contributed by atoms with E-state index in [2.05, 4.69) is 29.7 Å². The highest BCUT2D eigenvalue weighted by Crippen LogP contribution is 2.47. The molecule has 0 saturated heterocycles. The van der Waals surface area contributed by atoms with Crippen molar-refractivity contribution in [2.75, 3.05) is 16.4 Å². The van der Waals surface area contributed by atoms with Crippen LogP contribution in [0.15, 0.2) is 46.2 Å². The van der Waals surface area contributed by atoms with Crippen molar-refractivity contribution in [2.24, 2.45) is 28.6 Å². The van der Waals surface area contributed by atoms with Gasteiger partial charge < -0.3 is 16.4 Å². The Kier molecular flexibility index (Phi) is 5.14. The molecule has 2 bridgehead atoms. The molecule has 1 saturated carbocycles. The number of aromatic nitrogens is 2. The summed E-state index contributed by atoms with van der Waals surface area (Å²) in [5.74, 6) is 2.13. The third-order valence-electron chi connectivity index (χ3n) is 6.37. The molecule has 1 fully saturated rings. The highest BCUT2D eigenvalue weighted by molar-refractivity contribution is 7.99. The van der Waals surface area contributed by atoms with E-state index in [1.165, 1.54) is 12.1 Å². The van der Waals surface area contributed by atoms with Gasteiger partial charge in [0.25, 0.3) is 0 Å². The predicted octanol–water partition coefficient (Wildman–Crippen LogP) is 2.16. The molecule has 1 amide bonds. The van der Waals surface area contributed by atoms with Crippen LogP contribution in [0.5, 0.6) is 0 Å². The summed E-state index contributed by atoms with van der Waals surface area (Å²) in [6.07, 6.45) is 5.17. The number of thioether (sulfide) groups is 1. The van der Waals surface area contributed by atoms with E-state index in [1.807, 2.05) is 0 Å². The minimum atomic E-state index is -3.76. The maximum Gasteiger partial charge on any atom is 0.238 e. The van der Waals surface area contributed by atoms with Gasteiger partial charge in [-0.15, -0.1) is 11.8 Å². The lowest BCUT2D eigenvalue weighted by molar-refractivity contribution is -0.122. The second-order valence-electron chi connectivity index (χ2n) is 8.56. The summed E-state index contributed by atoms with van der Waals surface area (Å²) in [5, 5.41) is 11.8. The summed E-state index contributed by atoms with van der Waals surface area (Å²) in [6.45, 7) is 2.12. The van der Waals surface area contributed by atoms with Crippen LogP contribution < -0.4 is 21.5 Å². The fourth-order valence-electron chi connectivity index (χ4n) is 4.81. The van der Waals surface area contributed by atoms with Crippen molar-refractivity contribution in [3.8, 4) is 0 Å². The lowest BCUT2D eigenvalue weighted by Crippen LogP contribution is -2.41. The Labute approximate surface area is 190 Å². The second-order valence-corrected chi connectivity index (χ2v) is 11.2. The van der Waals surface area contributed by atoms with E-state index < -0.39 is 10.0 Å². The van der Waals surface area contributed by atoms with Crippen molar-refractivity contribution >= 4 is 45.1 Å². The molecule has 2 aliphatic carbocycles.